The van der Waals surface area contributed by atoms with Gasteiger partial charge in [-0.25, -0.2) is 14.4 Å². The van der Waals surface area contributed by atoms with E-state index in [2.05, 4.69) is 9.97 Å². The van der Waals surface area contributed by atoms with Gasteiger partial charge in [0.1, 0.15) is 17.7 Å². The number of aromatic nitrogens is 2. The first-order valence-electron chi connectivity index (χ1n) is 8.73. The number of pyridine rings is 2. The van der Waals surface area contributed by atoms with Crippen molar-refractivity contribution in [2.75, 3.05) is 11.2 Å². The highest BCUT2D eigenvalue weighted by molar-refractivity contribution is 6.36. The summed E-state index contributed by atoms with van der Waals surface area (Å²) in [6.07, 6.45) is 3.91. The maximum atomic E-state index is 13.9. The zero-order chi connectivity index (χ0) is 21.4. The lowest BCUT2D eigenvalue weighted by Gasteiger charge is -2.18. The molecule has 0 aliphatic carbocycles. The van der Waals surface area contributed by atoms with E-state index in [0.717, 1.165) is 5.56 Å². The van der Waals surface area contributed by atoms with Crippen LogP contribution in [0.3, 0.4) is 0 Å². The predicted octanol–water partition coefficient (Wildman–Crippen LogP) is 5.86. The van der Waals surface area contributed by atoms with Gasteiger partial charge in [0.05, 0.1) is 16.7 Å². The molecule has 0 unspecified atom stereocenters. The number of hydrogen-bond acceptors (Lipinski definition) is 7. The molecule has 3 aromatic heterocycles. The molecular formula is C20H15Cl2FN4O3. The maximum Gasteiger partial charge on any atom is 0.205 e. The van der Waals surface area contributed by atoms with Gasteiger partial charge in [0.2, 0.25) is 5.75 Å². The Morgan fingerprint density at radius 1 is 1.20 bits per heavy atom. The number of nitrogens with one attached hydrogen (secondary N) is 1. The van der Waals surface area contributed by atoms with Gasteiger partial charge in [0.25, 0.3) is 0 Å². The third-order valence-electron chi connectivity index (χ3n) is 4.57. The Kier molecular flexibility index (Phi) is 5.38. The minimum atomic E-state index is -0.736. The largest absolute Gasteiger partial charge is 0.478 e. The molecule has 154 valence electrons. The third kappa shape index (κ3) is 3.49. The number of ether oxygens (including phenoxy) is 1. The first-order valence-corrected chi connectivity index (χ1v) is 9.48. The van der Waals surface area contributed by atoms with Crippen molar-refractivity contribution in [1.82, 2.24) is 9.97 Å². The number of furan rings is 1. The second-order valence-electron chi connectivity index (χ2n) is 6.43. The molecule has 10 heteroatoms. The second kappa shape index (κ2) is 7.98. The van der Waals surface area contributed by atoms with Gasteiger partial charge in [-0.05, 0) is 31.2 Å². The molecule has 3 heterocycles. The highest BCUT2D eigenvalue weighted by Gasteiger charge is 2.23. The van der Waals surface area contributed by atoms with Crippen molar-refractivity contribution in [1.29, 1.82) is 0 Å². The average Bonchev–Trinajstić information content (AvgIpc) is 3.17. The van der Waals surface area contributed by atoms with Crippen molar-refractivity contribution >= 4 is 45.8 Å². The van der Waals surface area contributed by atoms with E-state index >= 15 is 0 Å². The van der Waals surface area contributed by atoms with E-state index in [1.54, 1.807) is 31.5 Å². The van der Waals surface area contributed by atoms with E-state index in [0.29, 0.717) is 22.4 Å². The van der Waals surface area contributed by atoms with E-state index in [9.17, 15) is 4.39 Å². The second-order valence-corrected chi connectivity index (χ2v) is 7.21. The van der Waals surface area contributed by atoms with Crippen LogP contribution in [0.5, 0.6) is 5.75 Å². The molecule has 0 aliphatic heterocycles. The summed E-state index contributed by atoms with van der Waals surface area (Å²) in [6, 6.07) is 5.94. The molecule has 0 saturated heterocycles. The van der Waals surface area contributed by atoms with Gasteiger partial charge in [-0.15, -0.1) is 0 Å². The molecule has 4 rings (SSSR count). The minimum absolute atomic E-state index is 0.0943. The van der Waals surface area contributed by atoms with Gasteiger partial charge in [-0.2, -0.15) is 0 Å². The topological polar surface area (TPSA) is 106 Å². The molecule has 0 saturated carbocycles. The molecule has 0 amide bonds. The highest BCUT2D eigenvalue weighted by Crippen LogP contribution is 2.41. The number of halogens is 3. The van der Waals surface area contributed by atoms with E-state index in [-0.39, 0.29) is 27.2 Å². The van der Waals surface area contributed by atoms with Gasteiger partial charge < -0.3 is 14.9 Å². The van der Waals surface area contributed by atoms with Crippen LogP contribution in [0.1, 0.15) is 18.6 Å². The normalized spacial score (nSPS) is 12.2. The molecule has 4 N–H and O–H groups in total. The number of anilines is 2. The standard InChI is InChI=1S/C20H15Cl2FN4O3/c1-9(16-13(21)3-4-14(23)17(16)22)30-19-18-11(7-26-20(19)24)12(8-29-18)10-2-5-15(27-28)25-6-10/h2-9,28H,1H3,(H2,24,26)(H,25,27)/t9-/m1/s1. The van der Waals surface area contributed by atoms with Gasteiger partial charge in [0, 0.05) is 34.1 Å². The number of hydrogen-bond donors (Lipinski definition) is 3. The molecule has 0 radical (unpaired) electrons. The molecule has 0 spiro atoms. The number of rotatable bonds is 5. The fourth-order valence-electron chi connectivity index (χ4n) is 3.09. The maximum absolute atomic E-state index is 13.9. The molecule has 0 aliphatic rings. The quantitative estimate of drug-likeness (QED) is 0.259. The van der Waals surface area contributed by atoms with Gasteiger partial charge in [-0.1, -0.05) is 23.2 Å². The van der Waals surface area contributed by atoms with Crippen molar-refractivity contribution in [2.45, 2.75) is 13.0 Å². The van der Waals surface area contributed by atoms with E-state index in [1.807, 2.05) is 5.48 Å². The van der Waals surface area contributed by atoms with Gasteiger partial charge >= 0.3 is 0 Å². The molecule has 30 heavy (non-hydrogen) atoms. The van der Waals surface area contributed by atoms with Gasteiger partial charge in [-0.3, -0.25) is 10.7 Å². The minimum Gasteiger partial charge on any atom is -0.478 e. The lowest BCUT2D eigenvalue weighted by Crippen LogP contribution is -2.08. The van der Waals surface area contributed by atoms with Crippen LogP contribution in [0.2, 0.25) is 10.0 Å². The van der Waals surface area contributed by atoms with E-state index < -0.39 is 11.9 Å². The number of nitrogens with zero attached hydrogens (tertiary/aromatic N) is 2. The van der Waals surface area contributed by atoms with Crippen LogP contribution in [-0.2, 0) is 0 Å². The SMILES string of the molecule is C[C@@H](Oc1c(N)ncc2c(-c3ccc(NO)nc3)coc12)c1c(Cl)ccc(F)c1Cl. The van der Waals surface area contributed by atoms with Crippen molar-refractivity contribution in [3.05, 3.63) is 64.3 Å². The lowest BCUT2D eigenvalue weighted by molar-refractivity contribution is 0.227. The Labute approximate surface area is 180 Å². The van der Waals surface area contributed by atoms with Crippen LogP contribution in [0.15, 0.2) is 47.3 Å². The van der Waals surface area contributed by atoms with Crippen LogP contribution in [0, 0.1) is 5.82 Å². The number of nitrogen functional groups attached to an aromatic ring is 1. The highest BCUT2D eigenvalue weighted by atomic mass is 35.5. The van der Waals surface area contributed by atoms with Crippen LogP contribution in [-0.4, -0.2) is 15.2 Å². The monoisotopic (exact) mass is 448 g/mol. The molecule has 1 atom stereocenters. The molecule has 4 aromatic rings. The van der Waals surface area contributed by atoms with Crippen LogP contribution >= 0.6 is 23.2 Å². The first kappa shape index (κ1) is 20.2. The third-order valence-corrected chi connectivity index (χ3v) is 5.28. The summed E-state index contributed by atoms with van der Waals surface area (Å²) in [5.41, 5.74) is 10.1. The van der Waals surface area contributed by atoms with Gasteiger partial charge in [0.15, 0.2) is 11.4 Å². The summed E-state index contributed by atoms with van der Waals surface area (Å²) in [6.45, 7) is 1.67. The molecule has 0 bridgehead atoms. The average molecular weight is 449 g/mol. The number of fused-ring (bicyclic) bond motifs is 1. The fraction of sp³-hybridized carbons (Fsp3) is 0.100. The number of benzene rings is 1. The fourth-order valence-corrected chi connectivity index (χ4v) is 3.77. The summed E-state index contributed by atoms with van der Waals surface area (Å²) in [4.78, 5) is 8.26. The zero-order valence-electron chi connectivity index (χ0n) is 15.5. The Morgan fingerprint density at radius 2 is 2.00 bits per heavy atom. The first-order chi connectivity index (χ1) is 14.4. The van der Waals surface area contributed by atoms with Crippen LogP contribution in [0.25, 0.3) is 22.1 Å². The van der Waals surface area contributed by atoms with Crippen LogP contribution < -0.4 is 16.0 Å². The Bertz CT molecular complexity index is 1230. The molecule has 7 nitrogen and oxygen atoms in total. The van der Waals surface area contributed by atoms with Crippen molar-refractivity contribution in [3.63, 3.8) is 0 Å². The predicted molar refractivity (Wildman–Crippen MR) is 113 cm³/mol. The van der Waals surface area contributed by atoms with Crippen molar-refractivity contribution in [2.24, 2.45) is 0 Å². The summed E-state index contributed by atoms with van der Waals surface area (Å²) in [7, 11) is 0. The smallest absolute Gasteiger partial charge is 0.205 e. The summed E-state index contributed by atoms with van der Waals surface area (Å²) in [5.74, 6) is -0.0267. The summed E-state index contributed by atoms with van der Waals surface area (Å²) in [5, 5.41) is 9.68. The molecule has 0 fully saturated rings. The van der Waals surface area contributed by atoms with Crippen molar-refractivity contribution in [3.8, 4) is 16.9 Å². The van der Waals surface area contributed by atoms with E-state index in [1.165, 1.54) is 18.4 Å². The molecule has 1 aromatic carbocycles. The summed E-state index contributed by atoms with van der Waals surface area (Å²) >= 11 is 12.3. The van der Waals surface area contributed by atoms with Crippen molar-refractivity contribution < 1.29 is 18.8 Å². The lowest BCUT2D eigenvalue weighted by atomic mass is 10.1. The number of nitrogens with two attached hydrogens (primary N) is 1. The van der Waals surface area contributed by atoms with Crippen LogP contribution in [0.4, 0.5) is 16.0 Å². The Morgan fingerprint density at radius 3 is 2.70 bits per heavy atom. The summed E-state index contributed by atoms with van der Waals surface area (Å²) < 4.78 is 25.6. The van der Waals surface area contributed by atoms with E-state index in [4.69, 9.17) is 43.3 Å². The Hall–Kier alpha value is -3.07. The molecular weight excluding hydrogens is 434 g/mol. The Balaban J connectivity index is 1.76. The zero-order valence-corrected chi connectivity index (χ0v) is 17.0.